The highest BCUT2D eigenvalue weighted by atomic mass is 16.5. The van der Waals surface area contributed by atoms with Gasteiger partial charge in [-0.25, -0.2) is 0 Å². The second kappa shape index (κ2) is 6.39. The lowest BCUT2D eigenvalue weighted by molar-refractivity contribution is 0.131. The van der Waals surface area contributed by atoms with Crippen molar-refractivity contribution in [2.45, 2.75) is 65.4 Å². The Bertz CT molecular complexity index is 625. The quantitative estimate of drug-likeness (QED) is 0.642. The van der Waals surface area contributed by atoms with Crippen LogP contribution in [0.4, 0.5) is 0 Å². The van der Waals surface area contributed by atoms with Gasteiger partial charge >= 0.3 is 0 Å². The standard InChI is InChI=1S/C22H30O/c1-16(2)17-8-10-18(11-9-17)22(6,7)19-12-14-20(15-13-19)23-21(3,4)5/h8-16H,1-7H3. The highest BCUT2D eigenvalue weighted by molar-refractivity contribution is 5.41. The van der Waals surface area contributed by atoms with Gasteiger partial charge in [-0.3, -0.25) is 0 Å². The number of benzene rings is 2. The van der Waals surface area contributed by atoms with Crippen molar-refractivity contribution < 1.29 is 4.74 Å². The third kappa shape index (κ3) is 4.37. The largest absolute Gasteiger partial charge is 0.488 e. The molecule has 0 unspecified atom stereocenters. The molecule has 2 aromatic rings. The van der Waals surface area contributed by atoms with Crippen molar-refractivity contribution >= 4 is 0 Å². The summed E-state index contributed by atoms with van der Waals surface area (Å²) in [6.45, 7) is 15.2. The molecule has 0 N–H and O–H groups in total. The maximum atomic E-state index is 5.92. The van der Waals surface area contributed by atoms with Crippen LogP contribution in [0.3, 0.4) is 0 Å². The molecule has 1 heteroatoms. The Labute approximate surface area is 141 Å². The van der Waals surface area contributed by atoms with Crippen molar-refractivity contribution in [2.75, 3.05) is 0 Å². The smallest absolute Gasteiger partial charge is 0.120 e. The molecule has 0 aliphatic carbocycles. The summed E-state index contributed by atoms with van der Waals surface area (Å²) in [6.07, 6.45) is 0. The summed E-state index contributed by atoms with van der Waals surface area (Å²) in [5.74, 6) is 1.49. The molecule has 23 heavy (non-hydrogen) atoms. The van der Waals surface area contributed by atoms with Crippen molar-refractivity contribution in [2.24, 2.45) is 0 Å². The van der Waals surface area contributed by atoms with Crippen molar-refractivity contribution in [1.29, 1.82) is 0 Å². The molecule has 0 atom stereocenters. The fraction of sp³-hybridized carbons (Fsp3) is 0.455. The Balaban J connectivity index is 2.25. The molecule has 0 heterocycles. The Hall–Kier alpha value is -1.76. The van der Waals surface area contributed by atoms with Gasteiger partial charge in [0.15, 0.2) is 0 Å². The molecule has 2 rings (SSSR count). The third-order valence-electron chi connectivity index (χ3n) is 4.30. The van der Waals surface area contributed by atoms with E-state index < -0.39 is 0 Å². The summed E-state index contributed by atoms with van der Waals surface area (Å²) >= 11 is 0. The third-order valence-corrected chi connectivity index (χ3v) is 4.30. The van der Waals surface area contributed by atoms with Crippen LogP contribution in [0.2, 0.25) is 0 Å². The molecule has 0 fully saturated rings. The van der Waals surface area contributed by atoms with E-state index in [-0.39, 0.29) is 11.0 Å². The molecule has 0 amide bonds. The first-order valence-corrected chi connectivity index (χ1v) is 8.49. The summed E-state index contributed by atoms with van der Waals surface area (Å²) in [4.78, 5) is 0. The SMILES string of the molecule is CC(C)c1ccc(C(C)(C)c2ccc(OC(C)(C)C)cc2)cc1. The predicted octanol–water partition coefficient (Wildman–Crippen LogP) is 6.31. The Morgan fingerprint density at radius 3 is 1.52 bits per heavy atom. The van der Waals surface area contributed by atoms with E-state index in [4.69, 9.17) is 4.74 Å². The van der Waals surface area contributed by atoms with Crippen molar-refractivity contribution in [1.82, 2.24) is 0 Å². The maximum absolute atomic E-state index is 5.92. The molecule has 0 saturated carbocycles. The first kappa shape index (κ1) is 17.6. The monoisotopic (exact) mass is 310 g/mol. The van der Waals surface area contributed by atoms with Gasteiger partial charge in [-0.2, -0.15) is 0 Å². The van der Waals surface area contributed by atoms with E-state index in [2.05, 4.69) is 97.0 Å². The minimum atomic E-state index is -0.163. The highest BCUT2D eigenvalue weighted by Gasteiger charge is 2.23. The van der Waals surface area contributed by atoms with Crippen molar-refractivity contribution in [3.05, 3.63) is 65.2 Å². The summed E-state index contributed by atoms with van der Waals surface area (Å²) in [5, 5.41) is 0. The van der Waals surface area contributed by atoms with Gasteiger partial charge in [-0.1, -0.05) is 64.1 Å². The number of ether oxygens (including phenoxy) is 1. The minimum absolute atomic E-state index is 0.0181. The van der Waals surface area contributed by atoms with E-state index in [1.807, 2.05) is 0 Å². The van der Waals surface area contributed by atoms with Crippen LogP contribution in [0.1, 0.15) is 71.1 Å². The highest BCUT2D eigenvalue weighted by Crippen LogP contribution is 2.33. The zero-order valence-electron chi connectivity index (χ0n) is 15.6. The lowest BCUT2D eigenvalue weighted by atomic mass is 9.77. The molecule has 0 bridgehead atoms. The number of rotatable bonds is 4. The molecule has 0 radical (unpaired) electrons. The Morgan fingerprint density at radius 1 is 0.696 bits per heavy atom. The van der Waals surface area contributed by atoms with Gasteiger partial charge in [0.2, 0.25) is 0 Å². The van der Waals surface area contributed by atoms with E-state index in [1.54, 1.807) is 0 Å². The molecule has 0 saturated heterocycles. The molecular formula is C22H30O. The summed E-state index contributed by atoms with van der Waals surface area (Å²) in [7, 11) is 0. The predicted molar refractivity (Wildman–Crippen MR) is 99.5 cm³/mol. The van der Waals surface area contributed by atoms with Gasteiger partial charge in [0.25, 0.3) is 0 Å². The Morgan fingerprint density at radius 2 is 1.13 bits per heavy atom. The topological polar surface area (TPSA) is 9.23 Å². The summed E-state index contributed by atoms with van der Waals surface area (Å²) in [5.41, 5.74) is 3.85. The summed E-state index contributed by atoms with van der Waals surface area (Å²) in [6, 6.07) is 17.5. The molecule has 1 nitrogen and oxygen atoms in total. The zero-order valence-corrected chi connectivity index (χ0v) is 15.6. The average molecular weight is 310 g/mol. The van der Waals surface area contributed by atoms with Crippen LogP contribution in [0.25, 0.3) is 0 Å². The van der Waals surface area contributed by atoms with E-state index in [9.17, 15) is 0 Å². The van der Waals surface area contributed by atoms with Gasteiger partial charge < -0.3 is 4.74 Å². The minimum Gasteiger partial charge on any atom is -0.488 e. The second-order valence-corrected chi connectivity index (χ2v) is 8.14. The van der Waals surface area contributed by atoms with Gasteiger partial charge in [0, 0.05) is 5.41 Å². The van der Waals surface area contributed by atoms with Crippen LogP contribution in [-0.2, 0) is 5.41 Å². The molecule has 2 aromatic carbocycles. The zero-order chi connectivity index (χ0) is 17.3. The molecule has 0 aliphatic rings. The maximum Gasteiger partial charge on any atom is 0.120 e. The average Bonchev–Trinajstić information content (AvgIpc) is 2.46. The lowest BCUT2D eigenvalue weighted by Gasteiger charge is -2.27. The van der Waals surface area contributed by atoms with E-state index in [1.165, 1.54) is 16.7 Å². The molecule has 0 spiro atoms. The summed E-state index contributed by atoms with van der Waals surface area (Å²) < 4.78 is 5.92. The molecular weight excluding hydrogens is 280 g/mol. The first-order chi connectivity index (χ1) is 10.6. The van der Waals surface area contributed by atoms with Crippen LogP contribution in [0.15, 0.2) is 48.5 Å². The Kier molecular flexibility index (Phi) is 4.89. The number of hydrogen-bond donors (Lipinski definition) is 0. The van der Waals surface area contributed by atoms with Crippen LogP contribution in [-0.4, -0.2) is 5.60 Å². The molecule has 124 valence electrons. The van der Waals surface area contributed by atoms with Crippen LogP contribution in [0.5, 0.6) is 5.75 Å². The van der Waals surface area contributed by atoms with Gasteiger partial charge in [-0.15, -0.1) is 0 Å². The van der Waals surface area contributed by atoms with Gasteiger partial charge in [0.05, 0.1) is 0 Å². The normalized spacial score (nSPS) is 12.5. The lowest BCUT2D eigenvalue weighted by Crippen LogP contribution is -2.23. The van der Waals surface area contributed by atoms with Crippen molar-refractivity contribution in [3.8, 4) is 5.75 Å². The fourth-order valence-corrected chi connectivity index (χ4v) is 2.74. The van der Waals surface area contributed by atoms with Crippen LogP contribution < -0.4 is 4.74 Å². The first-order valence-electron chi connectivity index (χ1n) is 8.49. The molecule has 0 aromatic heterocycles. The number of hydrogen-bond acceptors (Lipinski definition) is 1. The van der Waals surface area contributed by atoms with Crippen LogP contribution in [0, 0.1) is 0 Å². The van der Waals surface area contributed by atoms with E-state index in [0.29, 0.717) is 5.92 Å². The van der Waals surface area contributed by atoms with Gasteiger partial charge in [-0.05, 0) is 55.5 Å². The van der Waals surface area contributed by atoms with Gasteiger partial charge in [0.1, 0.15) is 11.4 Å². The molecule has 0 aliphatic heterocycles. The van der Waals surface area contributed by atoms with E-state index in [0.717, 1.165) is 5.75 Å². The van der Waals surface area contributed by atoms with Crippen molar-refractivity contribution in [3.63, 3.8) is 0 Å². The van der Waals surface area contributed by atoms with Crippen LogP contribution >= 0.6 is 0 Å². The fourth-order valence-electron chi connectivity index (χ4n) is 2.74. The second-order valence-electron chi connectivity index (χ2n) is 8.14. The van der Waals surface area contributed by atoms with E-state index >= 15 is 0 Å².